The lowest BCUT2D eigenvalue weighted by molar-refractivity contribution is 0.418. The van der Waals surface area contributed by atoms with Crippen LogP contribution in [0.4, 0.5) is 0 Å². The number of likely N-dealkylation sites (N-methyl/N-ethyl adjacent to an activating group) is 1. The Hall–Kier alpha value is -1.39. The fraction of sp³-hybridized carbons (Fsp3) is 0.429. The zero-order chi connectivity index (χ0) is 13.1. The Morgan fingerprint density at radius 2 is 2.00 bits per heavy atom. The highest BCUT2D eigenvalue weighted by atomic mass is 35.5. The fourth-order valence-electron chi connectivity index (χ4n) is 1.70. The summed E-state index contributed by atoms with van der Waals surface area (Å²) in [4.78, 5) is 4.42. The van der Waals surface area contributed by atoms with Crippen molar-refractivity contribution in [2.24, 2.45) is 0 Å². The van der Waals surface area contributed by atoms with Crippen molar-refractivity contribution in [1.29, 1.82) is 0 Å². The van der Waals surface area contributed by atoms with Crippen LogP contribution >= 0.6 is 12.4 Å². The minimum atomic E-state index is 0. The number of aromatic nitrogens is 2. The van der Waals surface area contributed by atoms with Crippen LogP contribution in [0.15, 0.2) is 22.7 Å². The Balaban J connectivity index is 0.00000180. The summed E-state index contributed by atoms with van der Waals surface area (Å²) in [5, 5.41) is 7.16. The van der Waals surface area contributed by atoms with Gasteiger partial charge in [0.15, 0.2) is 5.82 Å². The average Bonchev–Trinajstić information content (AvgIpc) is 2.81. The van der Waals surface area contributed by atoms with Crippen LogP contribution in [0, 0.1) is 13.8 Å². The second-order valence-electron chi connectivity index (χ2n) is 4.71. The normalized spacial score (nSPS) is 12.0. The van der Waals surface area contributed by atoms with Crippen LogP contribution < -0.4 is 5.32 Å². The van der Waals surface area contributed by atoms with Gasteiger partial charge in [0, 0.05) is 18.0 Å². The maximum atomic E-state index is 5.30. The standard InChI is InChI=1S/C14H19N3O.ClH/c1-9-5-6-12(7-10(9)2)14-16-13(17-18-14)8-11(3)15-4;/h5-7,11,15H,8H2,1-4H3;1H. The second-order valence-corrected chi connectivity index (χ2v) is 4.71. The van der Waals surface area contributed by atoms with E-state index in [9.17, 15) is 0 Å². The Morgan fingerprint density at radius 1 is 1.26 bits per heavy atom. The molecule has 5 heteroatoms. The lowest BCUT2D eigenvalue weighted by Crippen LogP contribution is -2.24. The summed E-state index contributed by atoms with van der Waals surface area (Å²) < 4.78 is 5.30. The molecule has 4 nitrogen and oxygen atoms in total. The maximum Gasteiger partial charge on any atom is 0.257 e. The predicted molar refractivity (Wildman–Crippen MR) is 78.7 cm³/mol. The minimum Gasteiger partial charge on any atom is -0.334 e. The molecule has 1 atom stereocenters. The van der Waals surface area contributed by atoms with Crippen LogP contribution in [0.2, 0.25) is 0 Å². The molecule has 2 aromatic rings. The summed E-state index contributed by atoms with van der Waals surface area (Å²) in [5.74, 6) is 1.33. The molecule has 1 aromatic carbocycles. The van der Waals surface area contributed by atoms with E-state index < -0.39 is 0 Å². The lowest BCUT2D eigenvalue weighted by atomic mass is 10.1. The Kier molecular flexibility index (Phi) is 5.51. The van der Waals surface area contributed by atoms with E-state index in [-0.39, 0.29) is 12.4 Å². The molecule has 0 saturated heterocycles. The van der Waals surface area contributed by atoms with Crippen molar-refractivity contribution in [3.8, 4) is 11.5 Å². The predicted octanol–water partition coefficient (Wildman–Crippen LogP) is 2.93. The van der Waals surface area contributed by atoms with Crippen molar-refractivity contribution in [2.45, 2.75) is 33.2 Å². The van der Waals surface area contributed by atoms with E-state index in [0.29, 0.717) is 11.9 Å². The second kappa shape index (κ2) is 6.68. The molecule has 0 spiro atoms. The summed E-state index contributed by atoms with van der Waals surface area (Å²) in [5.41, 5.74) is 3.48. The van der Waals surface area contributed by atoms with Gasteiger partial charge < -0.3 is 9.84 Å². The Morgan fingerprint density at radius 3 is 2.63 bits per heavy atom. The van der Waals surface area contributed by atoms with Crippen molar-refractivity contribution in [2.75, 3.05) is 7.05 Å². The average molecular weight is 282 g/mol. The summed E-state index contributed by atoms with van der Waals surface area (Å²) in [6.07, 6.45) is 0.769. The lowest BCUT2D eigenvalue weighted by Gasteiger charge is -2.04. The van der Waals surface area contributed by atoms with Crippen LogP contribution in [0.1, 0.15) is 23.9 Å². The largest absolute Gasteiger partial charge is 0.334 e. The van der Waals surface area contributed by atoms with Gasteiger partial charge in [0.1, 0.15) is 0 Å². The maximum absolute atomic E-state index is 5.30. The van der Waals surface area contributed by atoms with Gasteiger partial charge in [-0.25, -0.2) is 0 Å². The van der Waals surface area contributed by atoms with Crippen molar-refractivity contribution in [3.63, 3.8) is 0 Å². The molecular weight excluding hydrogens is 262 g/mol. The van der Waals surface area contributed by atoms with Gasteiger partial charge in [-0.05, 0) is 51.1 Å². The third kappa shape index (κ3) is 3.78. The van der Waals surface area contributed by atoms with Crippen LogP contribution in [-0.2, 0) is 6.42 Å². The molecule has 19 heavy (non-hydrogen) atoms. The quantitative estimate of drug-likeness (QED) is 0.936. The molecule has 0 bridgehead atoms. The third-order valence-electron chi connectivity index (χ3n) is 3.20. The van der Waals surface area contributed by atoms with Gasteiger partial charge in [-0.1, -0.05) is 11.2 Å². The molecule has 0 radical (unpaired) electrons. The van der Waals surface area contributed by atoms with E-state index in [1.165, 1.54) is 11.1 Å². The molecule has 0 aliphatic rings. The molecule has 0 aliphatic heterocycles. The summed E-state index contributed by atoms with van der Waals surface area (Å²) in [6.45, 7) is 6.26. The van der Waals surface area contributed by atoms with Crippen LogP contribution in [0.3, 0.4) is 0 Å². The Labute approximate surface area is 120 Å². The van der Waals surface area contributed by atoms with Crippen LogP contribution in [-0.4, -0.2) is 23.2 Å². The van der Waals surface area contributed by atoms with Crippen molar-refractivity contribution < 1.29 is 4.52 Å². The topological polar surface area (TPSA) is 51.0 Å². The molecule has 1 aromatic heterocycles. The first-order valence-corrected chi connectivity index (χ1v) is 6.17. The van der Waals surface area contributed by atoms with Gasteiger partial charge in [0.05, 0.1) is 0 Å². The number of hydrogen-bond acceptors (Lipinski definition) is 4. The number of nitrogens with zero attached hydrogens (tertiary/aromatic N) is 2. The highest BCUT2D eigenvalue weighted by molar-refractivity contribution is 5.85. The highest BCUT2D eigenvalue weighted by Crippen LogP contribution is 2.20. The molecule has 0 aliphatic carbocycles. The number of benzene rings is 1. The van der Waals surface area contributed by atoms with E-state index in [4.69, 9.17) is 4.52 Å². The molecule has 0 fully saturated rings. The summed E-state index contributed by atoms with van der Waals surface area (Å²) in [7, 11) is 1.93. The van der Waals surface area contributed by atoms with Gasteiger partial charge in [0.2, 0.25) is 0 Å². The van der Waals surface area contributed by atoms with Crippen molar-refractivity contribution in [1.82, 2.24) is 15.5 Å². The van der Waals surface area contributed by atoms with E-state index >= 15 is 0 Å². The molecule has 1 heterocycles. The van der Waals surface area contributed by atoms with E-state index in [2.05, 4.69) is 48.4 Å². The van der Waals surface area contributed by atoms with Gasteiger partial charge in [-0.15, -0.1) is 12.4 Å². The van der Waals surface area contributed by atoms with Crippen LogP contribution in [0.5, 0.6) is 0 Å². The number of nitrogens with one attached hydrogen (secondary N) is 1. The fourth-order valence-corrected chi connectivity index (χ4v) is 1.70. The van der Waals surface area contributed by atoms with E-state index in [1.54, 1.807) is 0 Å². The number of hydrogen-bond donors (Lipinski definition) is 1. The van der Waals surface area contributed by atoms with Gasteiger partial charge in [-0.2, -0.15) is 4.98 Å². The molecular formula is C14H20ClN3O. The zero-order valence-electron chi connectivity index (χ0n) is 11.7. The summed E-state index contributed by atoms with van der Waals surface area (Å²) >= 11 is 0. The number of rotatable bonds is 4. The van der Waals surface area contributed by atoms with Gasteiger partial charge in [0.25, 0.3) is 5.89 Å². The molecule has 1 unspecified atom stereocenters. The smallest absolute Gasteiger partial charge is 0.257 e. The first kappa shape index (κ1) is 15.7. The molecule has 2 rings (SSSR count). The molecule has 0 saturated carbocycles. The minimum absolute atomic E-state index is 0. The first-order valence-electron chi connectivity index (χ1n) is 6.17. The van der Waals surface area contributed by atoms with E-state index in [0.717, 1.165) is 17.8 Å². The Bertz CT molecular complexity index is 539. The van der Waals surface area contributed by atoms with Crippen molar-refractivity contribution >= 4 is 12.4 Å². The first-order chi connectivity index (χ1) is 8.60. The number of halogens is 1. The summed E-state index contributed by atoms with van der Waals surface area (Å²) in [6, 6.07) is 6.51. The molecule has 0 amide bonds. The molecule has 104 valence electrons. The number of aryl methyl sites for hydroxylation is 2. The molecule has 1 N–H and O–H groups in total. The third-order valence-corrected chi connectivity index (χ3v) is 3.20. The van der Waals surface area contributed by atoms with Gasteiger partial charge in [-0.3, -0.25) is 0 Å². The monoisotopic (exact) mass is 281 g/mol. The van der Waals surface area contributed by atoms with Crippen LogP contribution in [0.25, 0.3) is 11.5 Å². The zero-order valence-corrected chi connectivity index (χ0v) is 12.5. The van der Waals surface area contributed by atoms with Crippen molar-refractivity contribution in [3.05, 3.63) is 35.2 Å². The van der Waals surface area contributed by atoms with E-state index in [1.807, 2.05) is 13.1 Å². The van der Waals surface area contributed by atoms with Gasteiger partial charge >= 0.3 is 0 Å². The highest BCUT2D eigenvalue weighted by Gasteiger charge is 2.11. The SMILES string of the molecule is CNC(C)Cc1noc(-c2ccc(C)c(C)c2)n1.Cl.